The number of benzene rings is 1. The van der Waals surface area contributed by atoms with Crippen molar-refractivity contribution < 1.29 is 4.57 Å². The predicted octanol–water partition coefficient (Wildman–Crippen LogP) is 4.54. The normalized spacial score (nSPS) is 41.1. The molecule has 0 spiro atoms. The molecule has 2 fully saturated rings. The lowest BCUT2D eigenvalue weighted by Crippen LogP contribution is -2.29. The first-order valence-electron chi connectivity index (χ1n) is 8.00. The van der Waals surface area contributed by atoms with Gasteiger partial charge in [0.1, 0.15) is 7.14 Å². The first-order valence-corrected chi connectivity index (χ1v) is 11.4. The molecule has 0 bridgehead atoms. The van der Waals surface area contributed by atoms with Crippen LogP contribution in [0.15, 0.2) is 24.3 Å². The molecule has 3 rings (SSSR count). The van der Waals surface area contributed by atoms with Gasteiger partial charge < -0.3 is 4.57 Å². The van der Waals surface area contributed by atoms with Gasteiger partial charge in [-0.15, -0.1) is 0 Å². The Kier molecular flexibility index (Phi) is 4.13. The molecule has 3 heteroatoms. The maximum absolute atomic E-state index is 13.5. The average molecular weight is 308 g/mol. The molecule has 110 valence electrons. The minimum absolute atomic E-state index is 0.123. The van der Waals surface area contributed by atoms with E-state index in [1.165, 1.54) is 23.5 Å². The number of hydrogen-bond donors (Lipinski definition) is 0. The van der Waals surface area contributed by atoms with Crippen molar-refractivity contribution in [2.24, 2.45) is 0 Å². The standard InChI is InChI=1S/C17H26OP2/c1-13-10-11-14(2)19(13)16-8-4-5-9-17(16)20(18)12-6-7-15(20)3/h4-5,8-9,13-15H,6-7,10-12H2,1-3H3/t13-,14?,15-,19?,20?/m0/s1. The Morgan fingerprint density at radius 2 is 1.70 bits per heavy atom. The Hall–Kier alpha value is -0.120. The third-order valence-corrected chi connectivity index (χ3v) is 12.8. The van der Waals surface area contributed by atoms with Crippen LogP contribution in [-0.2, 0) is 4.57 Å². The molecule has 1 aromatic carbocycles. The lowest BCUT2D eigenvalue weighted by Gasteiger charge is -2.28. The van der Waals surface area contributed by atoms with E-state index in [0.29, 0.717) is 5.66 Å². The summed E-state index contributed by atoms with van der Waals surface area (Å²) in [5, 5.41) is 2.74. The summed E-state index contributed by atoms with van der Waals surface area (Å²) < 4.78 is 13.5. The zero-order valence-electron chi connectivity index (χ0n) is 12.9. The van der Waals surface area contributed by atoms with Crippen LogP contribution in [0.25, 0.3) is 0 Å². The molecule has 3 unspecified atom stereocenters. The van der Waals surface area contributed by atoms with Crippen LogP contribution in [0.3, 0.4) is 0 Å². The fourth-order valence-corrected chi connectivity index (χ4v) is 11.4. The van der Waals surface area contributed by atoms with Gasteiger partial charge in [-0.25, -0.2) is 0 Å². The Morgan fingerprint density at radius 1 is 1.05 bits per heavy atom. The quantitative estimate of drug-likeness (QED) is 0.733. The summed E-state index contributed by atoms with van der Waals surface area (Å²) in [5.74, 6) is 0. The summed E-state index contributed by atoms with van der Waals surface area (Å²) in [6.07, 6.45) is 5.93. The Morgan fingerprint density at radius 3 is 2.30 bits per heavy atom. The first kappa shape index (κ1) is 14.8. The molecule has 1 aromatic rings. The third-order valence-electron chi connectivity index (χ3n) is 5.34. The lowest BCUT2D eigenvalue weighted by atomic mass is 10.2. The highest BCUT2D eigenvalue weighted by molar-refractivity contribution is 7.76. The second-order valence-corrected chi connectivity index (χ2v) is 13.1. The van der Waals surface area contributed by atoms with Gasteiger partial charge in [0.2, 0.25) is 0 Å². The monoisotopic (exact) mass is 308 g/mol. The van der Waals surface area contributed by atoms with Gasteiger partial charge in [-0.05, 0) is 42.3 Å². The largest absolute Gasteiger partial charge is 0.318 e. The van der Waals surface area contributed by atoms with Crippen molar-refractivity contribution in [3.8, 4) is 0 Å². The topological polar surface area (TPSA) is 17.1 Å². The smallest absolute Gasteiger partial charge is 0.118 e. The van der Waals surface area contributed by atoms with Crippen molar-refractivity contribution in [3.05, 3.63) is 24.3 Å². The van der Waals surface area contributed by atoms with Gasteiger partial charge in [0, 0.05) is 17.1 Å². The van der Waals surface area contributed by atoms with Crippen molar-refractivity contribution in [3.63, 3.8) is 0 Å². The van der Waals surface area contributed by atoms with Crippen LogP contribution in [0.2, 0.25) is 0 Å². The van der Waals surface area contributed by atoms with E-state index in [1.807, 2.05) is 0 Å². The minimum Gasteiger partial charge on any atom is -0.318 e. The maximum Gasteiger partial charge on any atom is 0.118 e. The summed E-state index contributed by atoms with van der Waals surface area (Å²) in [5.41, 5.74) is 1.99. The molecular formula is C17H26OP2. The van der Waals surface area contributed by atoms with Crippen molar-refractivity contribution in [2.45, 2.75) is 63.4 Å². The van der Waals surface area contributed by atoms with Crippen molar-refractivity contribution >= 4 is 25.7 Å². The summed E-state index contributed by atoms with van der Waals surface area (Å²) >= 11 is 0. The molecule has 0 radical (unpaired) electrons. The molecule has 0 amide bonds. The number of rotatable bonds is 2. The van der Waals surface area contributed by atoms with E-state index in [1.54, 1.807) is 0 Å². The van der Waals surface area contributed by atoms with E-state index >= 15 is 0 Å². The zero-order chi connectivity index (χ0) is 14.3. The van der Waals surface area contributed by atoms with Crippen LogP contribution in [0, 0.1) is 0 Å². The molecular weight excluding hydrogens is 282 g/mol. The van der Waals surface area contributed by atoms with Gasteiger partial charge in [-0.3, -0.25) is 0 Å². The molecule has 0 aliphatic carbocycles. The molecule has 5 atom stereocenters. The van der Waals surface area contributed by atoms with Crippen LogP contribution in [0.1, 0.15) is 46.5 Å². The minimum atomic E-state index is -2.14. The second-order valence-electron chi connectivity index (χ2n) is 6.68. The molecule has 2 heterocycles. The van der Waals surface area contributed by atoms with E-state index in [2.05, 4.69) is 45.0 Å². The molecule has 0 aromatic heterocycles. The Balaban J connectivity index is 2.07. The van der Waals surface area contributed by atoms with Gasteiger partial charge in [-0.1, -0.05) is 53.0 Å². The highest BCUT2D eigenvalue weighted by Crippen LogP contribution is 2.60. The van der Waals surface area contributed by atoms with Crippen LogP contribution in [-0.4, -0.2) is 23.1 Å². The highest BCUT2D eigenvalue weighted by Gasteiger charge is 2.41. The van der Waals surface area contributed by atoms with Gasteiger partial charge in [-0.2, -0.15) is 0 Å². The molecule has 2 aliphatic rings. The number of hydrogen-bond acceptors (Lipinski definition) is 1. The molecule has 1 nitrogen and oxygen atoms in total. The van der Waals surface area contributed by atoms with Gasteiger partial charge in [0.25, 0.3) is 0 Å². The first-order chi connectivity index (χ1) is 9.54. The zero-order valence-corrected chi connectivity index (χ0v) is 14.7. The lowest BCUT2D eigenvalue weighted by molar-refractivity contribution is 0.579. The second kappa shape index (κ2) is 5.58. The van der Waals surface area contributed by atoms with Crippen LogP contribution in [0.4, 0.5) is 0 Å². The fraction of sp³-hybridized carbons (Fsp3) is 0.647. The molecule has 0 N–H and O–H groups in total. The van der Waals surface area contributed by atoms with Crippen molar-refractivity contribution in [1.82, 2.24) is 0 Å². The molecule has 20 heavy (non-hydrogen) atoms. The van der Waals surface area contributed by atoms with Crippen molar-refractivity contribution in [2.75, 3.05) is 6.16 Å². The van der Waals surface area contributed by atoms with E-state index in [9.17, 15) is 4.57 Å². The van der Waals surface area contributed by atoms with Gasteiger partial charge >= 0.3 is 0 Å². The third kappa shape index (κ3) is 2.32. The van der Waals surface area contributed by atoms with E-state index in [-0.39, 0.29) is 7.92 Å². The fourth-order valence-electron chi connectivity index (χ4n) is 4.08. The Labute approximate surface area is 124 Å². The molecule has 0 saturated carbocycles. The summed E-state index contributed by atoms with van der Waals surface area (Å²) in [7, 11) is -2.26. The predicted molar refractivity (Wildman–Crippen MR) is 92.0 cm³/mol. The SMILES string of the molecule is CC1CC[C@H](C)P1c1ccccc1P1(=O)CCC[C@@H]1C. The van der Waals surface area contributed by atoms with Crippen LogP contribution in [0.5, 0.6) is 0 Å². The summed E-state index contributed by atoms with van der Waals surface area (Å²) in [6, 6.07) is 8.75. The highest BCUT2D eigenvalue weighted by atomic mass is 31.2. The Bertz CT molecular complexity index is 530. The van der Waals surface area contributed by atoms with Crippen LogP contribution < -0.4 is 10.6 Å². The summed E-state index contributed by atoms with van der Waals surface area (Å²) in [4.78, 5) is 0. The van der Waals surface area contributed by atoms with E-state index in [0.717, 1.165) is 30.3 Å². The average Bonchev–Trinajstić information content (AvgIpc) is 2.94. The van der Waals surface area contributed by atoms with Gasteiger partial charge in [0.05, 0.1) is 0 Å². The maximum atomic E-state index is 13.5. The summed E-state index contributed by atoms with van der Waals surface area (Å²) in [6.45, 7) is 7.01. The molecule has 2 saturated heterocycles. The van der Waals surface area contributed by atoms with Crippen LogP contribution >= 0.6 is 15.1 Å². The van der Waals surface area contributed by atoms with Crippen molar-refractivity contribution in [1.29, 1.82) is 0 Å². The van der Waals surface area contributed by atoms with E-state index in [4.69, 9.17) is 0 Å². The molecule has 2 aliphatic heterocycles. The van der Waals surface area contributed by atoms with Gasteiger partial charge in [0.15, 0.2) is 0 Å². The van der Waals surface area contributed by atoms with E-state index < -0.39 is 7.14 Å².